The first kappa shape index (κ1) is 13.7. The maximum absolute atomic E-state index is 6.28. The molecule has 1 aromatic rings. The summed E-state index contributed by atoms with van der Waals surface area (Å²) < 4.78 is 5.65. The minimum absolute atomic E-state index is 0.622. The van der Waals surface area contributed by atoms with E-state index in [1.807, 2.05) is 20.8 Å². The molecule has 90 valence electrons. The topological polar surface area (TPSA) is 9.23 Å². The van der Waals surface area contributed by atoms with E-state index in [0.717, 1.165) is 40.3 Å². The highest BCUT2D eigenvalue weighted by Crippen LogP contribution is 2.40. The monoisotopic (exact) mass is 260 g/mol. The van der Waals surface area contributed by atoms with Gasteiger partial charge in [0.05, 0.1) is 11.6 Å². The van der Waals surface area contributed by atoms with Gasteiger partial charge in [-0.1, -0.05) is 36.5 Å². The van der Waals surface area contributed by atoms with Gasteiger partial charge in [-0.3, -0.25) is 0 Å². The van der Waals surface area contributed by atoms with Gasteiger partial charge in [0.15, 0.2) is 0 Å². The standard InChI is InChI=1S/C13H18Cl2O/c1-5-7-10-8(3)11(14)9(4)12(15)13(10)16-6-2/h5-7H2,1-4H3. The molecule has 0 saturated carbocycles. The molecule has 0 aromatic heterocycles. The first-order valence-electron chi connectivity index (χ1n) is 5.64. The van der Waals surface area contributed by atoms with E-state index in [-0.39, 0.29) is 0 Å². The van der Waals surface area contributed by atoms with Crippen LogP contribution in [0.4, 0.5) is 0 Å². The lowest BCUT2D eigenvalue weighted by molar-refractivity contribution is 0.336. The maximum Gasteiger partial charge on any atom is 0.141 e. The van der Waals surface area contributed by atoms with Gasteiger partial charge in [0.2, 0.25) is 0 Å². The van der Waals surface area contributed by atoms with Crippen LogP contribution >= 0.6 is 23.2 Å². The van der Waals surface area contributed by atoms with E-state index in [4.69, 9.17) is 27.9 Å². The van der Waals surface area contributed by atoms with E-state index in [0.29, 0.717) is 11.6 Å². The Hall–Kier alpha value is -0.400. The second kappa shape index (κ2) is 5.79. The van der Waals surface area contributed by atoms with Gasteiger partial charge in [-0.2, -0.15) is 0 Å². The van der Waals surface area contributed by atoms with Crippen molar-refractivity contribution in [1.29, 1.82) is 0 Å². The summed E-state index contributed by atoms with van der Waals surface area (Å²) in [4.78, 5) is 0. The number of hydrogen-bond donors (Lipinski definition) is 0. The highest BCUT2D eigenvalue weighted by atomic mass is 35.5. The molecule has 0 spiro atoms. The third kappa shape index (κ3) is 2.46. The van der Waals surface area contributed by atoms with E-state index in [9.17, 15) is 0 Å². The molecular formula is C13H18Cl2O. The van der Waals surface area contributed by atoms with Crippen molar-refractivity contribution < 1.29 is 4.74 Å². The zero-order valence-corrected chi connectivity index (χ0v) is 11.8. The average Bonchev–Trinajstić information content (AvgIpc) is 2.28. The Morgan fingerprint density at radius 3 is 2.12 bits per heavy atom. The Balaban J connectivity index is 3.42. The van der Waals surface area contributed by atoms with Gasteiger partial charge in [-0.25, -0.2) is 0 Å². The van der Waals surface area contributed by atoms with Crippen molar-refractivity contribution in [3.05, 3.63) is 26.7 Å². The normalized spacial score (nSPS) is 10.6. The Morgan fingerprint density at radius 1 is 1.00 bits per heavy atom. The van der Waals surface area contributed by atoms with Gasteiger partial charge in [-0.15, -0.1) is 0 Å². The molecule has 0 aliphatic rings. The summed E-state index contributed by atoms with van der Waals surface area (Å²) in [5.74, 6) is 0.811. The van der Waals surface area contributed by atoms with Crippen LogP contribution in [0.1, 0.15) is 37.0 Å². The molecule has 0 heterocycles. The molecule has 16 heavy (non-hydrogen) atoms. The number of hydrogen-bond acceptors (Lipinski definition) is 1. The van der Waals surface area contributed by atoms with Gasteiger partial charge in [0, 0.05) is 10.6 Å². The molecule has 0 unspecified atom stereocenters. The molecule has 3 heteroatoms. The lowest BCUT2D eigenvalue weighted by Gasteiger charge is -2.18. The lowest BCUT2D eigenvalue weighted by Crippen LogP contribution is -2.02. The molecule has 1 aromatic carbocycles. The molecule has 1 rings (SSSR count). The molecular weight excluding hydrogens is 243 g/mol. The minimum atomic E-state index is 0.622. The third-order valence-electron chi connectivity index (χ3n) is 2.70. The predicted octanol–water partition coefficient (Wildman–Crippen LogP) is 4.96. The predicted molar refractivity (Wildman–Crippen MR) is 71.1 cm³/mol. The van der Waals surface area contributed by atoms with Crippen LogP contribution < -0.4 is 4.74 Å². The molecule has 0 saturated heterocycles. The summed E-state index contributed by atoms with van der Waals surface area (Å²) in [6.07, 6.45) is 2.00. The smallest absolute Gasteiger partial charge is 0.141 e. The highest BCUT2D eigenvalue weighted by Gasteiger charge is 2.17. The van der Waals surface area contributed by atoms with Crippen molar-refractivity contribution in [2.24, 2.45) is 0 Å². The zero-order chi connectivity index (χ0) is 12.3. The summed E-state index contributed by atoms with van der Waals surface area (Å²) >= 11 is 12.5. The van der Waals surface area contributed by atoms with E-state index < -0.39 is 0 Å². The molecule has 0 amide bonds. The molecule has 0 atom stereocenters. The van der Waals surface area contributed by atoms with Crippen molar-refractivity contribution in [2.45, 2.75) is 40.5 Å². The van der Waals surface area contributed by atoms with Gasteiger partial charge in [0.1, 0.15) is 5.75 Å². The van der Waals surface area contributed by atoms with Crippen LogP contribution in [0.25, 0.3) is 0 Å². The number of ether oxygens (including phenoxy) is 1. The van der Waals surface area contributed by atoms with Crippen LogP contribution in [0.2, 0.25) is 10.0 Å². The highest BCUT2D eigenvalue weighted by molar-refractivity contribution is 6.37. The lowest BCUT2D eigenvalue weighted by atomic mass is 10.00. The quantitative estimate of drug-likeness (QED) is 0.744. The van der Waals surface area contributed by atoms with Gasteiger partial charge in [-0.05, 0) is 38.3 Å². The van der Waals surface area contributed by atoms with Crippen LogP contribution in [0.3, 0.4) is 0 Å². The van der Waals surface area contributed by atoms with Crippen LogP contribution in [0.15, 0.2) is 0 Å². The number of benzene rings is 1. The summed E-state index contributed by atoms with van der Waals surface area (Å²) in [5, 5.41) is 1.41. The molecule has 0 bridgehead atoms. The minimum Gasteiger partial charge on any atom is -0.492 e. The zero-order valence-electron chi connectivity index (χ0n) is 10.3. The molecule has 0 N–H and O–H groups in total. The van der Waals surface area contributed by atoms with Crippen molar-refractivity contribution in [1.82, 2.24) is 0 Å². The fourth-order valence-electron chi connectivity index (χ4n) is 1.83. The van der Waals surface area contributed by atoms with E-state index in [2.05, 4.69) is 6.92 Å². The largest absolute Gasteiger partial charge is 0.492 e. The van der Waals surface area contributed by atoms with E-state index in [1.54, 1.807) is 0 Å². The molecule has 0 fully saturated rings. The summed E-state index contributed by atoms with van der Waals surface area (Å²) in [6, 6.07) is 0. The van der Waals surface area contributed by atoms with Crippen molar-refractivity contribution in [2.75, 3.05) is 6.61 Å². The molecule has 1 nitrogen and oxygen atoms in total. The van der Waals surface area contributed by atoms with Crippen molar-refractivity contribution >= 4 is 23.2 Å². The fourth-order valence-corrected chi connectivity index (χ4v) is 2.35. The van der Waals surface area contributed by atoms with Crippen molar-refractivity contribution in [3.8, 4) is 5.75 Å². The van der Waals surface area contributed by atoms with E-state index in [1.165, 1.54) is 0 Å². The van der Waals surface area contributed by atoms with Gasteiger partial charge >= 0.3 is 0 Å². The maximum atomic E-state index is 6.28. The number of halogens is 2. The first-order valence-corrected chi connectivity index (χ1v) is 6.39. The first-order chi connectivity index (χ1) is 7.54. The van der Waals surface area contributed by atoms with Gasteiger partial charge in [0.25, 0.3) is 0 Å². The van der Waals surface area contributed by atoms with Crippen LogP contribution in [0.5, 0.6) is 5.75 Å². The van der Waals surface area contributed by atoms with Crippen LogP contribution in [0, 0.1) is 13.8 Å². The molecule has 0 aliphatic heterocycles. The van der Waals surface area contributed by atoms with Crippen LogP contribution in [-0.2, 0) is 6.42 Å². The third-order valence-corrected chi connectivity index (χ3v) is 3.72. The Kier molecular flexibility index (Phi) is 4.94. The fraction of sp³-hybridized carbons (Fsp3) is 0.538. The Labute approximate surface area is 108 Å². The van der Waals surface area contributed by atoms with Crippen LogP contribution in [-0.4, -0.2) is 6.61 Å². The Bertz CT molecular complexity index is 349. The second-order valence-electron chi connectivity index (χ2n) is 3.87. The second-order valence-corrected chi connectivity index (χ2v) is 4.62. The summed E-state index contributed by atoms with van der Waals surface area (Å²) in [6.45, 7) is 8.67. The molecule has 0 aliphatic carbocycles. The van der Waals surface area contributed by atoms with E-state index >= 15 is 0 Å². The van der Waals surface area contributed by atoms with Crippen molar-refractivity contribution in [3.63, 3.8) is 0 Å². The average molecular weight is 261 g/mol. The van der Waals surface area contributed by atoms with Gasteiger partial charge < -0.3 is 4.74 Å². The Morgan fingerprint density at radius 2 is 1.62 bits per heavy atom. The molecule has 0 radical (unpaired) electrons. The SMILES string of the molecule is CCCc1c(C)c(Cl)c(C)c(Cl)c1OCC. The number of rotatable bonds is 4. The summed E-state index contributed by atoms with van der Waals surface area (Å²) in [5.41, 5.74) is 3.14. The summed E-state index contributed by atoms with van der Waals surface area (Å²) in [7, 11) is 0.